The van der Waals surface area contributed by atoms with Crippen LogP contribution in [0.2, 0.25) is 0 Å². The van der Waals surface area contributed by atoms with E-state index in [4.69, 9.17) is 25.5 Å². The molecule has 0 saturated heterocycles. The summed E-state index contributed by atoms with van der Waals surface area (Å²) >= 11 is 0. The maximum Gasteiger partial charge on any atom is 0.110 e. The molecule has 6 heteroatoms. The molecule has 6 nitrogen and oxygen atoms in total. The van der Waals surface area contributed by atoms with Gasteiger partial charge in [0, 0.05) is 0 Å². The normalized spacial score (nSPS) is 14.8. The lowest BCUT2D eigenvalue weighted by atomic mass is 10.0. The highest BCUT2D eigenvalue weighted by Gasteiger charge is 2.28. The molecule has 4 atom stereocenters. The fourth-order valence-corrected chi connectivity index (χ4v) is 0.805. The molecule has 0 bridgehead atoms. The minimum absolute atomic E-state index is 0. The van der Waals surface area contributed by atoms with Crippen molar-refractivity contribution in [1.29, 1.82) is 0 Å². The van der Waals surface area contributed by atoms with Crippen LogP contribution in [0.4, 0.5) is 0 Å². The summed E-state index contributed by atoms with van der Waals surface area (Å²) in [6.45, 7) is 4.99. The van der Waals surface area contributed by atoms with E-state index in [0.717, 1.165) is 0 Å². The molecule has 19 heavy (non-hydrogen) atoms. The van der Waals surface area contributed by atoms with Crippen molar-refractivity contribution < 1.29 is 25.5 Å². The minimum Gasteiger partial charge on any atom is -0.394 e. The average Bonchev–Trinajstić information content (AvgIpc) is 2.38. The van der Waals surface area contributed by atoms with E-state index in [9.17, 15) is 0 Å². The van der Waals surface area contributed by atoms with E-state index in [0.29, 0.717) is 0 Å². The second kappa shape index (κ2) is 22.9. The topological polar surface area (TPSA) is 113 Å². The lowest BCUT2D eigenvalue weighted by molar-refractivity contribution is -0.115. The zero-order valence-electron chi connectivity index (χ0n) is 11.5. The Kier molecular flexibility index (Phi) is 37.7. The van der Waals surface area contributed by atoms with Gasteiger partial charge in [-0.2, -0.15) is 0 Å². The van der Waals surface area contributed by atoms with Gasteiger partial charge in [0.05, 0.1) is 12.7 Å². The summed E-state index contributed by atoms with van der Waals surface area (Å²) in [4.78, 5) is 0. The van der Waals surface area contributed by atoms with Crippen molar-refractivity contribution in [2.75, 3.05) is 20.7 Å². The largest absolute Gasteiger partial charge is 0.394 e. The number of rotatable bonds is 5. The average molecular weight is 287 g/mol. The number of aliphatic hydroxyl groups excluding tert-OH is 5. The van der Waals surface area contributed by atoms with E-state index in [1.54, 1.807) is 6.92 Å². The first-order chi connectivity index (χ1) is 7.95. The summed E-state index contributed by atoms with van der Waals surface area (Å²) in [5.74, 6) is 0. The molecule has 0 heterocycles. The third kappa shape index (κ3) is 17.8. The van der Waals surface area contributed by atoms with Gasteiger partial charge in [0.1, 0.15) is 18.3 Å². The van der Waals surface area contributed by atoms with E-state index in [1.807, 2.05) is 27.9 Å². The Morgan fingerprint density at radius 2 is 1.11 bits per heavy atom. The monoisotopic (exact) mass is 287 g/mol. The zero-order chi connectivity index (χ0) is 14.4. The Labute approximate surface area is 119 Å². The summed E-state index contributed by atoms with van der Waals surface area (Å²) < 4.78 is 0. The first kappa shape index (κ1) is 31.3. The molecule has 124 valence electrons. The summed E-state index contributed by atoms with van der Waals surface area (Å²) in [5, 5.41) is 47.2. The van der Waals surface area contributed by atoms with Crippen LogP contribution in [0.3, 0.4) is 0 Å². The maximum atomic E-state index is 9.12. The first-order valence-corrected chi connectivity index (χ1v) is 5.87. The Morgan fingerprint density at radius 3 is 1.32 bits per heavy atom. The van der Waals surface area contributed by atoms with E-state index < -0.39 is 31.0 Å². The lowest BCUT2D eigenvalue weighted by Crippen LogP contribution is -2.45. The lowest BCUT2D eigenvalue weighted by Gasteiger charge is -2.24. The molecule has 0 aromatic rings. The van der Waals surface area contributed by atoms with Crippen LogP contribution in [0.1, 0.15) is 42.0 Å². The van der Waals surface area contributed by atoms with E-state index in [-0.39, 0.29) is 21.3 Å². The van der Waals surface area contributed by atoms with Crippen LogP contribution in [0.15, 0.2) is 0 Å². The van der Waals surface area contributed by atoms with E-state index in [1.165, 1.54) is 0 Å². The molecule has 4 unspecified atom stereocenters. The molecule has 0 radical (unpaired) electrons. The highest BCUT2D eigenvalue weighted by atomic mass is 16.4. The Hall–Kier alpha value is -0.240. The summed E-state index contributed by atoms with van der Waals surface area (Å²) in [6, 6.07) is 0. The standard InChI is InChI=1S/C7H16O5.C2H7N.C2H6.2CH4/c1-2-4(9)6(11)7(12)5(10)3-8;1-3-2;1-2;;/h4-12H,2-3H2,1H3;3H,1-2H3;1-2H3;2*1H4. The smallest absolute Gasteiger partial charge is 0.110 e. The number of hydrogen-bond donors (Lipinski definition) is 6. The van der Waals surface area contributed by atoms with Crippen molar-refractivity contribution in [1.82, 2.24) is 5.32 Å². The number of nitrogens with one attached hydrogen (secondary N) is 1. The summed E-state index contributed by atoms with van der Waals surface area (Å²) in [5.41, 5.74) is 0. The van der Waals surface area contributed by atoms with Gasteiger partial charge in [-0.25, -0.2) is 0 Å². The molecule has 0 aromatic carbocycles. The summed E-state index contributed by atoms with van der Waals surface area (Å²) in [6.07, 6.45) is -5.15. The SMILES string of the molecule is C.C.CC.CCC(O)C(O)C(O)C(O)CO.CNC. The molecular weight excluding hydrogens is 250 g/mol. The third-order valence-corrected chi connectivity index (χ3v) is 1.74. The molecular formula is C13H37NO5. The van der Waals surface area contributed by atoms with Gasteiger partial charge in [0.15, 0.2) is 0 Å². The van der Waals surface area contributed by atoms with E-state index in [2.05, 4.69) is 5.32 Å². The van der Waals surface area contributed by atoms with Gasteiger partial charge in [-0.05, 0) is 20.5 Å². The number of aliphatic hydroxyl groups is 5. The molecule has 0 rings (SSSR count). The van der Waals surface area contributed by atoms with Gasteiger partial charge in [0.2, 0.25) is 0 Å². The molecule has 0 fully saturated rings. The minimum atomic E-state index is -1.51. The van der Waals surface area contributed by atoms with Gasteiger partial charge < -0.3 is 30.8 Å². The molecule has 0 aliphatic carbocycles. The molecule has 0 amide bonds. The second-order valence-electron chi connectivity index (χ2n) is 3.21. The van der Waals surface area contributed by atoms with Gasteiger partial charge in [-0.3, -0.25) is 0 Å². The van der Waals surface area contributed by atoms with Gasteiger partial charge >= 0.3 is 0 Å². The molecule has 0 aromatic heterocycles. The van der Waals surface area contributed by atoms with Crippen LogP contribution in [0.25, 0.3) is 0 Å². The van der Waals surface area contributed by atoms with Crippen LogP contribution in [0.5, 0.6) is 0 Å². The Bertz CT molecular complexity index is 124. The fourth-order valence-electron chi connectivity index (χ4n) is 0.805. The molecule has 0 saturated carbocycles. The zero-order valence-corrected chi connectivity index (χ0v) is 11.5. The highest BCUT2D eigenvalue weighted by molar-refractivity contribution is 4.79. The Balaban J connectivity index is -0.0000000819. The van der Waals surface area contributed by atoms with Crippen molar-refractivity contribution in [3.05, 3.63) is 0 Å². The van der Waals surface area contributed by atoms with Crippen LogP contribution < -0.4 is 5.32 Å². The highest BCUT2D eigenvalue weighted by Crippen LogP contribution is 2.06. The molecule has 0 aliphatic rings. The Morgan fingerprint density at radius 1 is 0.842 bits per heavy atom. The van der Waals surface area contributed by atoms with E-state index >= 15 is 0 Å². The quantitative estimate of drug-likeness (QED) is 0.423. The van der Waals surface area contributed by atoms with Crippen LogP contribution in [-0.4, -0.2) is 70.7 Å². The van der Waals surface area contributed by atoms with Crippen molar-refractivity contribution in [3.8, 4) is 0 Å². The van der Waals surface area contributed by atoms with Crippen LogP contribution >= 0.6 is 0 Å². The van der Waals surface area contributed by atoms with Crippen LogP contribution in [-0.2, 0) is 0 Å². The van der Waals surface area contributed by atoms with Gasteiger partial charge in [-0.15, -0.1) is 0 Å². The van der Waals surface area contributed by atoms with Crippen LogP contribution in [0, 0.1) is 0 Å². The predicted molar refractivity (Wildman–Crippen MR) is 81.2 cm³/mol. The summed E-state index contributed by atoms with van der Waals surface area (Å²) in [7, 11) is 3.75. The van der Waals surface area contributed by atoms with Crippen molar-refractivity contribution in [2.45, 2.75) is 66.5 Å². The van der Waals surface area contributed by atoms with Gasteiger partial charge in [-0.1, -0.05) is 35.6 Å². The van der Waals surface area contributed by atoms with Crippen molar-refractivity contribution in [2.24, 2.45) is 0 Å². The predicted octanol–water partition coefficient (Wildman–Crippen LogP) is -0.0337. The second-order valence-corrected chi connectivity index (χ2v) is 3.21. The third-order valence-electron chi connectivity index (χ3n) is 1.74. The van der Waals surface area contributed by atoms with Crippen molar-refractivity contribution >= 4 is 0 Å². The van der Waals surface area contributed by atoms with Crippen molar-refractivity contribution in [3.63, 3.8) is 0 Å². The first-order valence-electron chi connectivity index (χ1n) is 5.87. The fraction of sp³-hybridized carbons (Fsp3) is 1.00. The molecule has 0 spiro atoms. The maximum absolute atomic E-state index is 9.12. The number of hydrogen-bond acceptors (Lipinski definition) is 6. The molecule has 0 aliphatic heterocycles. The molecule has 6 N–H and O–H groups in total. The van der Waals surface area contributed by atoms with Gasteiger partial charge in [0.25, 0.3) is 0 Å².